The molecule has 4 heteroatoms. The highest BCUT2D eigenvalue weighted by atomic mass is 79.9. The smallest absolute Gasteiger partial charge is 0.222 e. The summed E-state index contributed by atoms with van der Waals surface area (Å²) in [7, 11) is 0. The Balaban J connectivity index is 1.61. The topological polar surface area (TPSA) is 23.6 Å². The quantitative estimate of drug-likeness (QED) is 0.554. The van der Waals surface area contributed by atoms with Crippen LogP contribution >= 0.6 is 15.9 Å². The monoisotopic (exact) mass is 302 g/mol. The van der Waals surface area contributed by atoms with E-state index in [1.165, 1.54) is 19.4 Å². The predicted molar refractivity (Wildman–Crippen MR) is 73.4 cm³/mol. The minimum absolute atomic E-state index is 0.358. The molecule has 0 bridgehead atoms. The van der Waals surface area contributed by atoms with Gasteiger partial charge in [0, 0.05) is 44.5 Å². The second-order valence-corrected chi connectivity index (χ2v) is 6.06. The highest BCUT2D eigenvalue weighted by Gasteiger charge is 2.27. The van der Waals surface area contributed by atoms with Crippen molar-refractivity contribution in [3.05, 3.63) is 0 Å². The molecule has 2 aliphatic rings. The zero-order valence-corrected chi connectivity index (χ0v) is 12.1. The van der Waals surface area contributed by atoms with Crippen molar-refractivity contribution in [2.45, 2.75) is 32.1 Å². The van der Waals surface area contributed by atoms with Gasteiger partial charge in [0.1, 0.15) is 0 Å². The Bertz CT molecular complexity index is 248. The number of nitrogens with zero attached hydrogens (tertiary/aromatic N) is 2. The van der Waals surface area contributed by atoms with Crippen LogP contribution in [0.4, 0.5) is 0 Å². The Morgan fingerprint density at radius 2 is 1.82 bits per heavy atom. The molecule has 0 atom stereocenters. The number of unbranched alkanes of at least 4 members (excludes halogenated alkanes) is 1. The van der Waals surface area contributed by atoms with Crippen LogP contribution in [0.3, 0.4) is 0 Å². The summed E-state index contributed by atoms with van der Waals surface area (Å²) >= 11 is 3.40. The van der Waals surface area contributed by atoms with Gasteiger partial charge in [-0.1, -0.05) is 15.9 Å². The van der Waals surface area contributed by atoms with E-state index in [0.29, 0.717) is 5.91 Å². The maximum atomic E-state index is 11.9. The summed E-state index contributed by atoms with van der Waals surface area (Å²) in [5.41, 5.74) is 0. The Kier molecular flexibility index (Phi) is 5.29. The van der Waals surface area contributed by atoms with E-state index in [4.69, 9.17) is 0 Å². The normalized spacial score (nSPS) is 21.8. The molecule has 2 rings (SSSR count). The molecule has 1 aliphatic heterocycles. The predicted octanol–water partition coefficient (Wildman–Crippen LogP) is 2.11. The average molecular weight is 303 g/mol. The van der Waals surface area contributed by atoms with Gasteiger partial charge in [-0.2, -0.15) is 0 Å². The molecule has 17 heavy (non-hydrogen) atoms. The van der Waals surface area contributed by atoms with E-state index in [2.05, 4.69) is 25.7 Å². The van der Waals surface area contributed by atoms with Crippen LogP contribution in [0.5, 0.6) is 0 Å². The highest BCUT2D eigenvalue weighted by molar-refractivity contribution is 9.09. The van der Waals surface area contributed by atoms with Crippen LogP contribution in [0.2, 0.25) is 0 Å². The third kappa shape index (κ3) is 4.59. The molecule has 3 nitrogen and oxygen atoms in total. The minimum Gasteiger partial charge on any atom is -0.340 e. The Morgan fingerprint density at radius 1 is 1.12 bits per heavy atom. The van der Waals surface area contributed by atoms with Gasteiger partial charge in [0.2, 0.25) is 5.91 Å². The van der Waals surface area contributed by atoms with Crippen molar-refractivity contribution >= 4 is 21.8 Å². The summed E-state index contributed by atoms with van der Waals surface area (Å²) < 4.78 is 0. The van der Waals surface area contributed by atoms with Crippen LogP contribution in [0.25, 0.3) is 0 Å². The Hall–Kier alpha value is -0.0900. The summed E-state index contributed by atoms with van der Waals surface area (Å²) in [6.07, 6.45) is 5.70. The van der Waals surface area contributed by atoms with Crippen LogP contribution < -0.4 is 0 Å². The van der Waals surface area contributed by atoms with Crippen molar-refractivity contribution < 1.29 is 4.79 Å². The Morgan fingerprint density at radius 3 is 2.41 bits per heavy atom. The van der Waals surface area contributed by atoms with Crippen LogP contribution in [0.15, 0.2) is 0 Å². The first kappa shape index (κ1) is 13.3. The molecular formula is C13H23BrN2O. The number of piperazine rings is 1. The molecule has 1 heterocycles. The molecule has 1 saturated heterocycles. The summed E-state index contributed by atoms with van der Waals surface area (Å²) in [5, 5.41) is 1.01. The second kappa shape index (κ2) is 6.74. The second-order valence-electron chi connectivity index (χ2n) is 5.27. The van der Waals surface area contributed by atoms with Gasteiger partial charge >= 0.3 is 0 Å². The van der Waals surface area contributed by atoms with Crippen molar-refractivity contribution in [3.8, 4) is 0 Å². The zero-order chi connectivity index (χ0) is 12.1. The first-order valence-electron chi connectivity index (χ1n) is 6.85. The van der Waals surface area contributed by atoms with E-state index in [9.17, 15) is 4.79 Å². The molecule has 1 saturated carbocycles. The lowest BCUT2D eigenvalue weighted by Gasteiger charge is -2.34. The number of hydrogen-bond donors (Lipinski definition) is 0. The van der Waals surface area contributed by atoms with Crippen molar-refractivity contribution in [1.82, 2.24) is 9.80 Å². The fourth-order valence-corrected chi connectivity index (χ4v) is 2.77. The first-order chi connectivity index (χ1) is 8.29. The molecule has 2 fully saturated rings. The number of carbonyl (C=O) groups is 1. The van der Waals surface area contributed by atoms with E-state index in [0.717, 1.165) is 56.7 Å². The standard InChI is InChI=1S/C13H23BrN2O/c14-6-2-1-3-13(17)16-9-7-15(8-10-16)11-12-4-5-12/h12H,1-11H2. The van der Waals surface area contributed by atoms with Gasteiger partial charge < -0.3 is 4.90 Å². The first-order valence-corrected chi connectivity index (χ1v) is 7.98. The lowest BCUT2D eigenvalue weighted by molar-refractivity contribution is -0.133. The van der Waals surface area contributed by atoms with E-state index in [1.54, 1.807) is 0 Å². The van der Waals surface area contributed by atoms with Crippen molar-refractivity contribution in [2.24, 2.45) is 5.92 Å². The van der Waals surface area contributed by atoms with Crippen LogP contribution in [-0.4, -0.2) is 53.8 Å². The number of carbonyl (C=O) groups excluding carboxylic acids is 1. The van der Waals surface area contributed by atoms with Crippen LogP contribution in [0.1, 0.15) is 32.1 Å². The van der Waals surface area contributed by atoms with Crippen molar-refractivity contribution in [2.75, 3.05) is 38.1 Å². The average Bonchev–Trinajstić information content (AvgIpc) is 3.14. The molecule has 0 unspecified atom stereocenters. The minimum atomic E-state index is 0.358. The van der Waals surface area contributed by atoms with Gasteiger partial charge in [0.25, 0.3) is 0 Å². The molecule has 0 aromatic heterocycles. The molecule has 0 radical (unpaired) electrons. The number of alkyl halides is 1. The van der Waals surface area contributed by atoms with Gasteiger partial charge in [-0.05, 0) is 31.6 Å². The van der Waals surface area contributed by atoms with Gasteiger partial charge in [-0.25, -0.2) is 0 Å². The molecule has 1 aliphatic carbocycles. The van der Waals surface area contributed by atoms with Gasteiger partial charge in [-0.15, -0.1) is 0 Å². The lowest BCUT2D eigenvalue weighted by atomic mass is 10.2. The largest absolute Gasteiger partial charge is 0.340 e. The Labute approximate surface area is 113 Å². The number of hydrogen-bond acceptors (Lipinski definition) is 2. The van der Waals surface area contributed by atoms with E-state index in [-0.39, 0.29) is 0 Å². The van der Waals surface area contributed by atoms with E-state index >= 15 is 0 Å². The fourth-order valence-electron chi connectivity index (χ4n) is 2.37. The fraction of sp³-hybridized carbons (Fsp3) is 0.923. The summed E-state index contributed by atoms with van der Waals surface area (Å²) in [5.74, 6) is 1.33. The lowest BCUT2D eigenvalue weighted by Crippen LogP contribution is -2.49. The van der Waals surface area contributed by atoms with E-state index in [1.807, 2.05) is 0 Å². The maximum absolute atomic E-state index is 11.9. The zero-order valence-electron chi connectivity index (χ0n) is 10.5. The van der Waals surface area contributed by atoms with Crippen LogP contribution in [-0.2, 0) is 4.79 Å². The van der Waals surface area contributed by atoms with Crippen molar-refractivity contribution in [1.29, 1.82) is 0 Å². The summed E-state index contributed by atoms with van der Waals surface area (Å²) in [6.45, 7) is 5.33. The molecule has 1 amide bonds. The molecule has 0 aromatic carbocycles. The third-order valence-corrected chi connectivity index (χ3v) is 4.27. The number of amides is 1. The molecule has 0 spiro atoms. The van der Waals surface area contributed by atoms with Gasteiger partial charge in [-0.3, -0.25) is 9.69 Å². The van der Waals surface area contributed by atoms with Gasteiger partial charge in [0.15, 0.2) is 0 Å². The number of halogens is 1. The number of rotatable bonds is 6. The van der Waals surface area contributed by atoms with E-state index < -0.39 is 0 Å². The van der Waals surface area contributed by atoms with Crippen LogP contribution in [0, 0.1) is 5.92 Å². The van der Waals surface area contributed by atoms with Gasteiger partial charge in [0.05, 0.1) is 0 Å². The highest BCUT2D eigenvalue weighted by Crippen LogP contribution is 2.29. The summed E-state index contributed by atoms with van der Waals surface area (Å²) in [4.78, 5) is 16.5. The molecule has 0 aromatic rings. The molecular weight excluding hydrogens is 280 g/mol. The molecule has 98 valence electrons. The SMILES string of the molecule is O=C(CCCCBr)N1CCN(CC2CC2)CC1. The molecule has 0 N–H and O–H groups in total. The third-order valence-electron chi connectivity index (χ3n) is 3.71. The summed E-state index contributed by atoms with van der Waals surface area (Å²) in [6, 6.07) is 0. The maximum Gasteiger partial charge on any atom is 0.222 e. The van der Waals surface area contributed by atoms with Crippen molar-refractivity contribution in [3.63, 3.8) is 0 Å².